The molecule has 1 aliphatic heterocycles. The molecule has 3 rings (SSSR count). The number of H-pyrrole nitrogens is 1. The van der Waals surface area contributed by atoms with Crippen molar-refractivity contribution in [1.29, 1.82) is 0 Å². The van der Waals surface area contributed by atoms with Crippen LogP contribution in [0.2, 0.25) is 0 Å². The van der Waals surface area contributed by atoms with E-state index in [1.54, 1.807) is 0 Å². The van der Waals surface area contributed by atoms with Crippen molar-refractivity contribution >= 4 is 17.1 Å². The SMILES string of the molecule is CCc1c(C)[nH]c2c1C(=S)[C@@H]1CN(CC(O)C(C)C)CC[C@H]1C2. The number of nitrogens with zero attached hydrogens (tertiary/aromatic N) is 1. The molecule has 1 unspecified atom stereocenters. The Morgan fingerprint density at radius 1 is 1.39 bits per heavy atom. The van der Waals surface area contributed by atoms with Gasteiger partial charge in [-0.1, -0.05) is 33.0 Å². The van der Waals surface area contributed by atoms with Gasteiger partial charge in [-0.3, -0.25) is 0 Å². The molecule has 0 spiro atoms. The monoisotopic (exact) mass is 334 g/mol. The minimum Gasteiger partial charge on any atom is -0.392 e. The zero-order valence-electron chi connectivity index (χ0n) is 14.9. The van der Waals surface area contributed by atoms with Crippen LogP contribution in [0.3, 0.4) is 0 Å². The van der Waals surface area contributed by atoms with E-state index in [0.29, 0.717) is 17.8 Å². The second-order valence-corrected chi connectivity index (χ2v) is 8.17. The number of likely N-dealkylation sites (tertiary alicyclic amines) is 1. The molecule has 0 radical (unpaired) electrons. The molecule has 1 fully saturated rings. The molecule has 0 saturated carbocycles. The number of aromatic nitrogens is 1. The Morgan fingerprint density at radius 2 is 2.13 bits per heavy atom. The van der Waals surface area contributed by atoms with Gasteiger partial charge in [-0.25, -0.2) is 0 Å². The summed E-state index contributed by atoms with van der Waals surface area (Å²) in [5.41, 5.74) is 5.45. The first-order valence-electron chi connectivity index (χ1n) is 9.07. The first-order valence-corrected chi connectivity index (χ1v) is 9.48. The molecule has 128 valence electrons. The van der Waals surface area contributed by atoms with E-state index < -0.39 is 0 Å². The first-order chi connectivity index (χ1) is 10.9. The molecule has 0 aromatic carbocycles. The van der Waals surface area contributed by atoms with E-state index in [9.17, 15) is 5.11 Å². The lowest BCUT2D eigenvalue weighted by Gasteiger charge is -2.42. The van der Waals surface area contributed by atoms with Crippen LogP contribution in [0.1, 0.15) is 49.7 Å². The Balaban J connectivity index is 1.79. The van der Waals surface area contributed by atoms with Crippen molar-refractivity contribution in [3.63, 3.8) is 0 Å². The minimum absolute atomic E-state index is 0.236. The van der Waals surface area contributed by atoms with Crippen LogP contribution < -0.4 is 0 Å². The van der Waals surface area contributed by atoms with E-state index in [-0.39, 0.29) is 6.10 Å². The molecular formula is C19H30N2OS. The standard InChI is InChI=1S/C19H30N2OS/c1-5-14-12(4)20-16-8-13-6-7-21(10-17(22)11(2)3)9-15(13)19(23)18(14)16/h11,13,15,17,20,22H,5-10H2,1-4H3/t13-,15+,17?/m0/s1. The molecule has 2 heterocycles. The maximum Gasteiger partial charge on any atom is 0.0689 e. The van der Waals surface area contributed by atoms with Crippen LogP contribution in [0.15, 0.2) is 0 Å². The molecule has 3 atom stereocenters. The predicted molar refractivity (Wildman–Crippen MR) is 99.2 cm³/mol. The molecule has 0 bridgehead atoms. The fourth-order valence-corrected chi connectivity index (χ4v) is 4.84. The Bertz CT molecular complexity index is 592. The number of thiocarbonyl (C=S) groups is 1. The van der Waals surface area contributed by atoms with E-state index >= 15 is 0 Å². The zero-order valence-corrected chi connectivity index (χ0v) is 15.7. The van der Waals surface area contributed by atoms with E-state index in [4.69, 9.17) is 12.2 Å². The van der Waals surface area contributed by atoms with Gasteiger partial charge in [0.05, 0.1) is 6.10 Å². The number of aliphatic hydroxyl groups excluding tert-OH is 1. The molecule has 2 N–H and O–H groups in total. The highest BCUT2D eigenvalue weighted by atomic mass is 32.1. The van der Waals surface area contributed by atoms with Crippen molar-refractivity contribution in [1.82, 2.24) is 9.88 Å². The third kappa shape index (κ3) is 3.13. The topological polar surface area (TPSA) is 39.3 Å². The van der Waals surface area contributed by atoms with E-state index in [0.717, 1.165) is 32.5 Å². The van der Waals surface area contributed by atoms with Crippen LogP contribution in [0, 0.1) is 24.7 Å². The predicted octanol–water partition coefficient (Wildman–Crippen LogP) is 3.11. The van der Waals surface area contributed by atoms with Gasteiger partial charge in [0.1, 0.15) is 0 Å². The van der Waals surface area contributed by atoms with Crippen LogP contribution in [0.5, 0.6) is 0 Å². The molecular weight excluding hydrogens is 304 g/mol. The quantitative estimate of drug-likeness (QED) is 0.831. The Labute approximate surface area is 145 Å². The van der Waals surface area contributed by atoms with Crippen molar-refractivity contribution in [3.05, 3.63) is 22.5 Å². The summed E-state index contributed by atoms with van der Waals surface area (Å²) in [6.45, 7) is 11.5. The molecule has 0 amide bonds. The first kappa shape index (κ1) is 17.1. The van der Waals surface area contributed by atoms with Gasteiger partial charge in [-0.2, -0.15) is 0 Å². The highest BCUT2D eigenvalue weighted by Gasteiger charge is 2.39. The molecule has 1 saturated heterocycles. The number of piperidine rings is 1. The maximum atomic E-state index is 10.2. The van der Waals surface area contributed by atoms with Gasteiger partial charge in [0.25, 0.3) is 0 Å². The van der Waals surface area contributed by atoms with E-state index in [2.05, 4.69) is 37.6 Å². The average Bonchev–Trinajstić information content (AvgIpc) is 2.83. The smallest absolute Gasteiger partial charge is 0.0689 e. The number of aliphatic hydroxyl groups is 1. The molecule has 2 aliphatic rings. The van der Waals surface area contributed by atoms with Crippen molar-refractivity contribution in [2.75, 3.05) is 19.6 Å². The Morgan fingerprint density at radius 3 is 2.78 bits per heavy atom. The second-order valence-electron chi connectivity index (χ2n) is 7.73. The highest BCUT2D eigenvalue weighted by molar-refractivity contribution is 7.80. The summed E-state index contributed by atoms with van der Waals surface area (Å²) < 4.78 is 0. The van der Waals surface area contributed by atoms with E-state index in [1.807, 2.05) is 0 Å². The van der Waals surface area contributed by atoms with Crippen molar-refractivity contribution < 1.29 is 5.11 Å². The third-order valence-corrected chi connectivity index (χ3v) is 6.36. The maximum absolute atomic E-state index is 10.2. The molecule has 4 heteroatoms. The normalized spacial score (nSPS) is 26.3. The van der Waals surface area contributed by atoms with Crippen molar-refractivity contribution in [3.8, 4) is 0 Å². The van der Waals surface area contributed by atoms with Crippen LogP contribution in [-0.2, 0) is 12.8 Å². The fraction of sp³-hybridized carbons (Fsp3) is 0.737. The van der Waals surface area contributed by atoms with Crippen LogP contribution in [0.4, 0.5) is 0 Å². The molecule has 1 aromatic rings. The lowest BCUT2D eigenvalue weighted by Crippen LogP contribution is -2.49. The minimum atomic E-state index is -0.236. The number of hydrogen-bond donors (Lipinski definition) is 2. The number of hydrogen-bond acceptors (Lipinski definition) is 3. The number of aryl methyl sites for hydroxylation is 1. The van der Waals surface area contributed by atoms with Crippen molar-refractivity contribution in [2.45, 2.75) is 53.1 Å². The third-order valence-electron chi connectivity index (χ3n) is 5.85. The van der Waals surface area contributed by atoms with E-state index in [1.165, 1.54) is 33.8 Å². The summed E-state index contributed by atoms with van der Waals surface area (Å²) in [5.74, 6) is 1.47. The van der Waals surface area contributed by atoms with Crippen LogP contribution in [-0.4, -0.2) is 45.6 Å². The summed E-state index contributed by atoms with van der Waals surface area (Å²) in [6, 6.07) is 0. The van der Waals surface area contributed by atoms with Gasteiger partial charge >= 0.3 is 0 Å². The largest absolute Gasteiger partial charge is 0.392 e. The fourth-order valence-electron chi connectivity index (χ4n) is 4.32. The lowest BCUT2D eigenvalue weighted by molar-refractivity contribution is 0.0518. The van der Waals surface area contributed by atoms with Crippen LogP contribution in [0.25, 0.3) is 0 Å². The number of fused-ring (bicyclic) bond motifs is 2. The van der Waals surface area contributed by atoms with Gasteiger partial charge < -0.3 is 15.0 Å². The van der Waals surface area contributed by atoms with Gasteiger partial charge in [0.15, 0.2) is 0 Å². The molecule has 3 nitrogen and oxygen atoms in total. The van der Waals surface area contributed by atoms with Gasteiger partial charge in [0, 0.05) is 40.8 Å². The number of β-amino-alcohol motifs (C(OH)–C–C–N with tert-alkyl or cyclic N) is 1. The molecule has 23 heavy (non-hydrogen) atoms. The lowest BCUT2D eigenvalue weighted by atomic mass is 9.73. The van der Waals surface area contributed by atoms with Gasteiger partial charge in [-0.05, 0) is 50.1 Å². The summed E-state index contributed by atoms with van der Waals surface area (Å²) in [6.07, 6.45) is 3.14. The molecule has 1 aliphatic carbocycles. The van der Waals surface area contributed by atoms with Gasteiger partial charge in [-0.15, -0.1) is 0 Å². The van der Waals surface area contributed by atoms with Crippen LogP contribution >= 0.6 is 12.2 Å². The zero-order chi connectivity index (χ0) is 16.7. The summed E-state index contributed by atoms with van der Waals surface area (Å²) in [7, 11) is 0. The summed E-state index contributed by atoms with van der Waals surface area (Å²) >= 11 is 5.93. The summed E-state index contributed by atoms with van der Waals surface area (Å²) in [4.78, 5) is 7.19. The molecule has 1 aromatic heterocycles. The summed E-state index contributed by atoms with van der Waals surface area (Å²) in [5, 5.41) is 10.2. The average molecular weight is 335 g/mol. The number of rotatable bonds is 4. The number of nitrogens with one attached hydrogen (secondary N) is 1. The van der Waals surface area contributed by atoms with Gasteiger partial charge in [0.2, 0.25) is 0 Å². The highest BCUT2D eigenvalue weighted by Crippen LogP contribution is 2.38. The Hall–Kier alpha value is -0.710. The number of aromatic amines is 1. The van der Waals surface area contributed by atoms with Crippen molar-refractivity contribution in [2.24, 2.45) is 17.8 Å². The second kappa shape index (κ2) is 6.66. The Kier molecular flexibility index (Phi) is 4.96.